The Kier molecular flexibility index (Phi) is 10.1. The quantitative estimate of drug-likeness (QED) is 0.339. The summed E-state index contributed by atoms with van der Waals surface area (Å²) in [6.45, 7) is 1.62. The number of nitrogens with one attached hydrogen (secondary N) is 1. The number of hydrogen-bond donors (Lipinski definition) is 3. The second-order valence-corrected chi connectivity index (χ2v) is 5.59. The molecule has 0 aliphatic rings. The fraction of sp³-hybridized carbons (Fsp3) is 0.769. The highest BCUT2D eigenvalue weighted by atomic mass is 32.1. The first-order valence-electron chi connectivity index (χ1n) is 7.43. The predicted octanol–water partition coefficient (Wildman–Crippen LogP) is -0.629. The SMILES string of the molecule is O=c1[nH]c(=O)n(CCOCCCS)c(=O)n1CCOCCCS. The number of thiol groups is 2. The monoisotopic (exact) mass is 365 g/mol. The average Bonchev–Trinajstić information content (AvgIpc) is 2.52. The summed E-state index contributed by atoms with van der Waals surface area (Å²) in [5.41, 5.74) is -2.12. The fourth-order valence-corrected chi connectivity index (χ4v) is 2.05. The van der Waals surface area contributed by atoms with Gasteiger partial charge in [0.25, 0.3) is 0 Å². The number of nitrogens with zero attached hydrogens (tertiary/aromatic N) is 2. The van der Waals surface area contributed by atoms with Gasteiger partial charge in [0.15, 0.2) is 0 Å². The van der Waals surface area contributed by atoms with Gasteiger partial charge in [0.05, 0.1) is 26.3 Å². The molecule has 0 aliphatic carbocycles. The number of aromatic nitrogens is 3. The molecular weight excluding hydrogens is 342 g/mol. The van der Waals surface area contributed by atoms with E-state index < -0.39 is 17.1 Å². The highest BCUT2D eigenvalue weighted by Gasteiger charge is 2.09. The summed E-state index contributed by atoms with van der Waals surface area (Å²) in [6, 6.07) is 0. The number of hydrogen-bond acceptors (Lipinski definition) is 7. The molecule has 23 heavy (non-hydrogen) atoms. The Bertz CT molecular complexity index is 576. The zero-order chi connectivity index (χ0) is 17.1. The van der Waals surface area contributed by atoms with Crippen LogP contribution in [-0.2, 0) is 22.6 Å². The average molecular weight is 365 g/mol. The van der Waals surface area contributed by atoms with Gasteiger partial charge >= 0.3 is 17.1 Å². The largest absolute Gasteiger partial charge is 0.380 e. The third-order valence-electron chi connectivity index (χ3n) is 2.98. The lowest BCUT2D eigenvalue weighted by Crippen LogP contribution is -2.50. The molecule has 0 aromatic carbocycles. The third kappa shape index (κ3) is 6.98. The van der Waals surface area contributed by atoms with Crippen LogP contribution in [0.4, 0.5) is 0 Å². The molecule has 1 aromatic rings. The van der Waals surface area contributed by atoms with E-state index in [0.717, 1.165) is 22.0 Å². The lowest BCUT2D eigenvalue weighted by atomic mass is 10.5. The van der Waals surface area contributed by atoms with Crippen molar-refractivity contribution >= 4 is 25.3 Å². The Balaban J connectivity index is 2.68. The molecule has 8 nitrogen and oxygen atoms in total. The zero-order valence-electron chi connectivity index (χ0n) is 12.9. The lowest BCUT2D eigenvalue weighted by Gasteiger charge is -2.09. The first kappa shape index (κ1) is 20.1. The molecule has 132 valence electrons. The molecule has 0 bridgehead atoms. The van der Waals surface area contributed by atoms with Gasteiger partial charge in [0.1, 0.15) is 0 Å². The highest BCUT2D eigenvalue weighted by molar-refractivity contribution is 7.80. The maximum Gasteiger partial charge on any atom is 0.336 e. The standard InChI is InChI=1S/C13H23N3O5S2/c17-11-14-12(18)16(4-8-21-6-2-10-23)13(19)15(11)3-7-20-5-1-9-22/h22-23H,1-10H2,(H,14,17,18). The Morgan fingerprint density at radius 3 is 1.61 bits per heavy atom. The van der Waals surface area contributed by atoms with Crippen LogP contribution >= 0.6 is 25.3 Å². The van der Waals surface area contributed by atoms with Crippen molar-refractivity contribution in [2.45, 2.75) is 25.9 Å². The van der Waals surface area contributed by atoms with Gasteiger partial charge in [-0.2, -0.15) is 25.3 Å². The van der Waals surface area contributed by atoms with E-state index in [-0.39, 0.29) is 26.3 Å². The second-order valence-electron chi connectivity index (χ2n) is 4.70. The minimum atomic E-state index is -0.731. The van der Waals surface area contributed by atoms with Crippen molar-refractivity contribution < 1.29 is 9.47 Å². The molecule has 1 aromatic heterocycles. The third-order valence-corrected chi connectivity index (χ3v) is 3.61. The second kappa shape index (κ2) is 11.5. The zero-order valence-corrected chi connectivity index (χ0v) is 14.7. The Morgan fingerprint density at radius 1 is 0.783 bits per heavy atom. The maximum atomic E-state index is 12.2. The molecule has 0 amide bonds. The summed E-state index contributed by atoms with van der Waals surface area (Å²) in [6.07, 6.45) is 1.58. The first-order chi connectivity index (χ1) is 11.1. The van der Waals surface area contributed by atoms with Crippen molar-refractivity contribution in [3.63, 3.8) is 0 Å². The molecule has 1 N–H and O–H groups in total. The van der Waals surface area contributed by atoms with Crippen LogP contribution in [0, 0.1) is 0 Å². The summed E-state index contributed by atoms with van der Waals surface area (Å²) in [4.78, 5) is 37.8. The van der Waals surface area contributed by atoms with E-state index in [9.17, 15) is 14.4 Å². The van der Waals surface area contributed by atoms with Crippen LogP contribution in [0.1, 0.15) is 12.8 Å². The summed E-state index contributed by atoms with van der Waals surface area (Å²) in [7, 11) is 0. The summed E-state index contributed by atoms with van der Waals surface area (Å²) in [5.74, 6) is 1.41. The number of ether oxygens (including phenoxy) is 2. The van der Waals surface area contributed by atoms with Crippen LogP contribution in [0.2, 0.25) is 0 Å². The minimum Gasteiger partial charge on any atom is -0.380 e. The lowest BCUT2D eigenvalue weighted by molar-refractivity contribution is 0.119. The number of H-pyrrole nitrogens is 1. The smallest absolute Gasteiger partial charge is 0.336 e. The van der Waals surface area contributed by atoms with Crippen molar-refractivity contribution in [2.24, 2.45) is 0 Å². The van der Waals surface area contributed by atoms with E-state index in [1.54, 1.807) is 0 Å². The van der Waals surface area contributed by atoms with E-state index >= 15 is 0 Å². The van der Waals surface area contributed by atoms with Gasteiger partial charge in [-0.15, -0.1) is 0 Å². The Labute approximate surface area is 144 Å². The fourth-order valence-electron chi connectivity index (χ4n) is 1.79. The van der Waals surface area contributed by atoms with E-state index in [0.29, 0.717) is 24.7 Å². The molecule has 0 atom stereocenters. The topological polar surface area (TPSA) is 95.3 Å². The Hall–Kier alpha value is -0.970. The molecule has 1 rings (SSSR count). The first-order valence-corrected chi connectivity index (χ1v) is 8.69. The predicted molar refractivity (Wildman–Crippen MR) is 94.2 cm³/mol. The van der Waals surface area contributed by atoms with Gasteiger partial charge < -0.3 is 9.47 Å². The van der Waals surface area contributed by atoms with Crippen LogP contribution in [-0.4, -0.2) is 52.1 Å². The molecule has 0 unspecified atom stereocenters. The highest BCUT2D eigenvalue weighted by Crippen LogP contribution is 1.87. The van der Waals surface area contributed by atoms with Crippen molar-refractivity contribution in [2.75, 3.05) is 37.9 Å². The van der Waals surface area contributed by atoms with E-state index in [1.807, 2.05) is 0 Å². The molecule has 1 heterocycles. The van der Waals surface area contributed by atoms with Gasteiger partial charge in [-0.3, -0.25) is 4.98 Å². The van der Waals surface area contributed by atoms with Gasteiger partial charge in [0, 0.05) is 13.2 Å². The summed E-state index contributed by atoms with van der Waals surface area (Å²) < 4.78 is 12.5. The van der Waals surface area contributed by atoms with Crippen LogP contribution in [0.5, 0.6) is 0 Å². The van der Waals surface area contributed by atoms with Crippen molar-refractivity contribution in [1.82, 2.24) is 14.1 Å². The molecular formula is C13H23N3O5S2. The molecule has 0 radical (unpaired) electrons. The molecule has 10 heteroatoms. The van der Waals surface area contributed by atoms with Crippen molar-refractivity contribution in [3.05, 3.63) is 31.5 Å². The molecule has 0 spiro atoms. The van der Waals surface area contributed by atoms with Crippen LogP contribution < -0.4 is 17.1 Å². The van der Waals surface area contributed by atoms with Gasteiger partial charge in [-0.1, -0.05) is 0 Å². The number of aromatic amines is 1. The van der Waals surface area contributed by atoms with Crippen LogP contribution in [0.15, 0.2) is 14.4 Å². The summed E-state index contributed by atoms with van der Waals surface area (Å²) >= 11 is 8.12. The van der Waals surface area contributed by atoms with Crippen LogP contribution in [0.25, 0.3) is 0 Å². The van der Waals surface area contributed by atoms with Gasteiger partial charge in [0.2, 0.25) is 0 Å². The minimum absolute atomic E-state index is 0.0848. The van der Waals surface area contributed by atoms with Crippen LogP contribution in [0.3, 0.4) is 0 Å². The van der Waals surface area contributed by atoms with Gasteiger partial charge in [-0.05, 0) is 24.3 Å². The van der Waals surface area contributed by atoms with E-state index in [1.165, 1.54) is 0 Å². The molecule has 0 fully saturated rings. The van der Waals surface area contributed by atoms with Crippen molar-refractivity contribution in [3.8, 4) is 0 Å². The molecule has 0 aliphatic heterocycles. The van der Waals surface area contributed by atoms with Gasteiger partial charge in [-0.25, -0.2) is 23.5 Å². The maximum absolute atomic E-state index is 12.2. The Morgan fingerprint density at radius 2 is 1.22 bits per heavy atom. The molecule has 0 saturated carbocycles. The van der Waals surface area contributed by atoms with E-state index in [2.05, 4.69) is 30.2 Å². The molecule has 0 saturated heterocycles. The van der Waals surface area contributed by atoms with Crippen molar-refractivity contribution in [1.29, 1.82) is 0 Å². The van der Waals surface area contributed by atoms with E-state index in [4.69, 9.17) is 9.47 Å². The normalized spacial score (nSPS) is 11.0. The summed E-state index contributed by atoms with van der Waals surface area (Å²) in [5, 5.41) is 0. The number of rotatable bonds is 12.